The summed E-state index contributed by atoms with van der Waals surface area (Å²) < 4.78 is 16.3. The van der Waals surface area contributed by atoms with E-state index < -0.39 is 17.7 Å². The van der Waals surface area contributed by atoms with Crippen LogP contribution >= 0.6 is 11.6 Å². The Morgan fingerprint density at radius 2 is 1.68 bits per heavy atom. The lowest BCUT2D eigenvalue weighted by atomic mass is 9.97. The number of carbonyl (C=O) groups excluding carboxylic acids is 2. The highest BCUT2D eigenvalue weighted by atomic mass is 35.5. The monoisotopic (exact) mass is 446 g/mol. The molecule has 0 fully saturated rings. The highest BCUT2D eigenvalue weighted by molar-refractivity contribution is 6.32. The number of aromatic nitrogens is 1. The zero-order valence-corrected chi connectivity index (χ0v) is 19.1. The molecule has 2 aliphatic rings. The molecular formula is C23H27ClN2O5. The first kappa shape index (κ1) is 21.7. The average Bonchev–Trinajstić information content (AvgIpc) is 3.43. The van der Waals surface area contributed by atoms with E-state index in [-0.39, 0.29) is 18.3 Å². The molecule has 0 saturated heterocycles. The number of anilines is 2. The Bertz CT molecular complexity index is 1000. The van der Waals surface area contributed by atoms with Crippen molar-refractivity contribution in [2.45, 2.75) is 71.8 Å². The Kier molecular flexibility index (Phi) is 5.73. The molecule has 7 nitrogen and oxygen atoms in total. The molecule has 2 aromatic rings. The van der Waals surface area contributed by atoms with Crippen molar-refractivity contribution in [1.29, 1.82) is 0 Å². The maximum atomic E-state index is 13.4. The van der Waals surface area contributed by atoms with Gasteiger partial charge in [-0.15, -0.1) is 0 Å². The first-order chi connectivity index (χ1) is 14.7. The second kappa shape index (κ2) is 8.19. The highest BCUT2D eigenvalue weighted by Gasteiger charge is 2.37. The molecule has 4 rings (SSSR count). The summed E-state index contributed by atoms with van der Waals surface area (Å²) in [5.41, 5.74) is 4.28. The van der Waals surface area contributed by atoms with E-state index in [0.29, 0.717) is 0 Å². The summed E-state index contributed by atoms with van der Waals surface area (Å²) in [5, 5.41) is 0.826. The molecule has 31 heavy (non-hydrogen) atoms. The summed E-state index contributed by atoms with van der Waals surface area (Å²) in [6, 6.07) is -0.0113. The van der Waals surface area contributed by atoms with Gasteiger partial charge in [0.15, 0.2) is 5.69 Å². The van der Waals surface area contributed by atoms with Gasteiger partial charge in [-0.1, -0.05) is 11.6 Å². The van der Waals surface area contributed by atoms with Crippen LogP contribution in [0, 0.1) is 0 Å². The molecule has 0 N–H and O–H groups in total. The van der Waals surface area contributed by atoms with Gasteiger partial charge in [-0.3, -0.25) is 0 Å². The first-order valence-electron chi connectivity index (χ1n) is 10.7. The van der Waals surface area contributed by atoms with Gasteiger partial charge in [-0.2, -0.15) is 9.88 Å². The van der Waals surface area contributed by atoms with Crippen LogP contribution in [0.3, 0.4) is 0 Å². The largest absolute Gasteiger partial charge is 0.461 e. The predicted molar refractivity (Wildman–Crippen MR) is 116 cm³/mol. The van der Waals surface area contributed by atoms with Crippen molar-refractivity contribution < 1.29 is 23.5 Å². The van der Waals surface area contributed by atoms with Crippen LogP contribution in [0.1, 0.15) is 73.3 Å². The second-order valence-electron chi connectivity index (χ2n) is 8.84. The van der Waals surface area contributed by atoms with Crippen LogP contribution in [0.25, 0.3) is 0 Å². The third-order valence-electron chi connectivity index (χ3n) is 5.50. The number of nitrogens with zero attached hydrogens (tertiary/aromatic N) is 2. The fourth-order valence-electron chi connectivity index (χ4n) is 4.37. The minimum atomic E-state index is -0.718. The molecule has 0 saturated carbocycles. The predicted octanol–water partition coefficient (Wildman–Crippen LogP) is 5.56. The van der Waals surface area contributed by atoms with Crippen LogP contribution in [-0.2, 0) is 35.2 Å². The van der Waals surface area contributed by atoms with Gasteiger partial charge < -0.3 is 13.9 Å². The van der Waals surface area contributed by atoms with Crippen molar-refractivity contribution in [2.75, 3.05) is 11.5 Å². The second-order valence-corrected chi connectivity index (χ2v) is 9.21. The molecule has 0 radical (unpaired) electrons. The van der Waals surface area contributed by atoms with Gasteiger partial charge in [0.1, 0.15) is 11.9 Å². The number of esters is 1. The lowest BCUT2D eigenvalue weighted by Gasteiger charge is -2.28. The highest BCUT2D eigenvalue weighted by Crippen LogP contribution is 2.47. The zero-order valence-electron chi connectivity index (χ0n) is 18.3. The normalized spacial score (nSPS) is 14.9. The number of carbonyl (C=O) groups is 2. The van der Waals surface area contributed by atoms with Crippen molar-refractivity contribution >= 4 is 35.4 Å². The molecule has 0 aliphatic heterocycles. The Hall–Kier alpha value is -2.54. The molecule has 1 heterocycles. The number of amides is 1. The number of rotatable bonds is 4. The SMILES string of the molecule is CCOC(=O)c1coc(N(C(=O)OC(C)(C)C)c2c3c(c(Cl)c4c2CCC4)CCC3)n1. The molecule has 1 amide bonds. The first-order valence-corrected chi connectivity index (χ1v) is 11.1. The number of hydrogen-bond donors (Lipinski definition) is 0. The Morgan fingerprint density at radius 3 is 2.23 bits per heavy atom. The minimum Gasteiger partial charge on any atom is -0.461 e. The number of oxazole rings is 1. The summed E-state index contributed by atoms with van der Waals surface area (Å²) >= 11 is 6.75. The molecule has 0 unspecified atom stereocenters. The average molecular weight is 447 g/mol. The number of fused-ring (bicyclic) bond motifs is 2. The van der Waals surface area contributed by atoms with E-state index in [1.165, 1.54) is 11.2 Å². The van der Waals surface area contributed by atoms with Crippen molar-refractivity contribution in [3.05, 3.63) is 39.2 Å². The van der Waals surface area contributed by atoms with Crippen molar-refractivity contribution in [3.63, 3.8) is 0 Å². The smallest absolute Gasteiger partial charge is 0.423 e. The summed E-state index contributed by atoms with van der Waals surface area (Å²) in [6.07, 6.45) is 5.90. The molecule has 0 atom stereocenters. The van der Waals surface area contributed by atoms with E-state index in [1.807, 2.05) is 0 Å². The molecular weight excluding hydrogens is 420 g/mol. The van der Waals surface area contributed by atoms with Gasteiger partial charge in [-0.25, -0.2) is 9.59 Å². The van der Waals surface area contributed by atoms with Crippen LogP contribution < -0.4 is 4.90 Å². The molecule has 1 aromatic heterocycles. The lowest BCUT2D eigenvalue weighted by molar-refractivity contribution is 0.0517. The summed E-state index contributed by atoms with van der Waals surface area (Å²) in [5.74, 6) is -0.604. The van der Waals surface area contributed by atoms with Gasteiger partial charge in [0.2, 0.25) is 0 Å². The summed E-state index contributed by atoms with van der Waals surface area (Å²) in [6.45, 7) is 7.35. The zero-order chi connectivity index (χ0) is 22.3. The van der Waals surface area contributed by atoms with Crippen molar-refractivity contribution in [1.82, 2.24) is 4.98 Å². The van der Waals surface area contributed by atoms with E-state index in [9.17, 15) is 9.59 Å². The van der Waals surface area contributed by atoms with E-state index in [2.05, 4.69) is 4.98 Å². The van der Waals surface area contributed by atoms with Crippen molar-refractivity contribution in [2.24, 2.45) is 0 Å². The number of ether oxygens (including phenoxy) is 2. The number of halogens is 1. The number of hydrogen-bond acceptors (Lipinski definition) is 6. The summed E-state index contributed by atoms with van der Waals surface area (Å²) in [4.78, 5) is 31.2. The Labute approximate surface area is 186 Å². The third-order valence-corrected chi connectivity index (χ3v) is 5.96. The molecule has 2 aliphatic carbocycles. The van der Waals surface area contributed by atoms with Gasteiger partial charge >= 0.3 is 18.1 Å². The molecule has 166 valence electrons. The molecule has 0 bridgehead atoms. The number of benzene rings is 1. The fourth-order valence-corrected chi connectivity index (χ4v) is 4.78. The maximum Gasteiger partial charge on any atom is 0.423 e. The Morgan fingerprint density at radius 1 is 1.10 bits per heavy atom. The van der Waals surface area contributed by atoms with E-state index in [4.69, 9.17) is 25.5 Å². The summed E-state index contributed by atoms with van der Waals surface area (Å²) in [7, 11) is 0. The Balaban J connectivity index is 1.88. The van der Waals surface area contributed by atoms with Crippen LogP contribution in [-0.4, -0.2) is 29.3 Å². The van der Waals surface area contributed by atoms with Crippen molar-refractivity contribution in [3.8, 4) is 0 Å². The van der Waals surface area contributed by atoms with Gasteiger partial charge in [-0.05, 0) is 88.5 Å². The van der Waals surface area contributed by atoms with E-state index in [0.717, 1.165) is 71.5 Å². The van der Waals surface area contributed by atoms with Crippen LogP contribution in [0.5, 0.6) is 0 Å². The van der Waals surface area contributed by atoms with Crippen LogP contribution in [0.4, 0.5) is 16.5 Å². The lowest BCUT2D eigenvalue weighted by Crippen LogP contribution is -2.35. The topological polar surface area (TPSA) is 81.9 Å². The van der Waals surface area contributed by atoms with Crippen LogP contribution in [0.2, 0.25) is 5.02 Å². The quantitative estimate of drug-likeness (QED) is 0.572. The fraction of sp³-hybridized carbons (Fsp3) is 0.522. The molecule has 8 heteroatoms. The van der Waals surface area contributed by atoms with E-state index >= 15 is 0 Å². The standard InChI is InChI=1S/C23H27ClN2O5/c1-5-29-20(27)17-12-30-21(25-17)26(22(28)31-23(2,3)4)19-15-10-6-8-13(15)18(24)14-9-7-11-16(14)19/h12H,5-11H2,1-4H3. The third kappa shape index (κ3) is 4.03. The molecule has 0 spiro atoms. The van der Waals surface area contributed by atoms with Gasteiger partial charge in [0.25, 0.3) is 0 Å². The van der Waals surface area contributed by atoms with E-state index in [1.54, 1.807) is 27.7 Å². The van der Waals surface area contributed by atoms with Gasteiger partial charge in [0, 0.05) is 5.02 Å². The van der Waals surface area contributed by atoms with Crippen LogP contribution in [0.15, 0.2) is 10.7 Å². The minimum absolute atomic E-state index is 0.00710. The maximum absolute atomic E-state index is 13.4. The van der Waals surface area contributed by atoms with Gasteiger partial charge in [0.05, 0.1) is 12.3 Å². The molecule has 1 aromatic carbocycles.